The van der Waals surface area contributed by atoms with Crippen LogP contribution in [-0.4, -0.2) is 66.4 Å². The summed E-state index contributed by atoms with van der Waals surface area (Å²) in [5.41, 5.74) is 0.921. The van der Waals surface area contributed by atoms with E-state index in [2.05, 4.69) is 15.5 Å². The summed E-state index contributed by atoms with van der Waals surface area (Å²) in [5, 5.41) is 18.0. The van der Waals surface area contributed by atoms with Gasteiger partial charge in [0.2, 0.25) is 10.0 Å². The molecule has 2 heterocycles. The van der Waals surface area contributed by atoms with E-state index in [9.17, 15) is 18.5 Å². The molecule has 0 unspecified atom stereocenters. The molecule has 1 fully saturated rings. The largest absolute Gasteiger partial charge is 0.364 e. The van der Waals surface area contributed by atoms with Crippen LogP contribution in [-0.2, 0) is 22.3 Å². The van der Waals surface area contributed by atoms with Crippen molar-refractivity contribution in [1.29, 1.82) is 0 Å². The second kappa shape index (κ2) is 11.4. The van der Waals surface area contributed by atoms with Crippen LogP contribution in [0.3, 0.4) is 0 Å². The Labute approximate surface area is 197 Å². The first-order chi connectivity index (χ1) is 14.4. The van der Waals surface area contributed by atoms with Crippen molar-refractivity contribution in [3.05, 3.63) is 58.0 Å². The highest BCUT2D eigenvalue weighted by Crippen LogP contribution is 2.19. The molecule has 0 saturated carbocycles. The number of halogens is 1. The number of para-hydroxylation sites is 1. The molecule has 13 heteroatoms. The molecule has 1 aromatic carbocycles. The van der Waals surface area contributed by atoms with Crippen molar-refractivity contribution < 1.29 is 17.9 Å². The number of aromatic nitrogens is 1. The SMILES string of the molecule is CCNC(=NCc1ccccc1[N+](=O)[O-])N1CCN(S(=O)(=O)Cc2ccon2)CC1.I. The standard InChI is InChI=1S/C18H24N6O5S.HI/c1-2-19-18(20-13-15-5-3-4-6-17(15)24(25)26)22-8-10-23(11-9-22)30(27,28)14-16-7-12-29-21-16;/h3-7,12H,2,8-11,13-14H2,1H3,(H,19,20);1H. The molecule has 31 heavy (non-hydrogen) atoms. The van der Waals surface area contributed by atoms with Crippen LogP contribution in [0.4, 0.5) is 5.69 Å². The average Bonchev–Trinajstić information content (AvgIpc) is 3.23. The highest BCUT2D eigenvalue weighted by molar-refractivity contribution is 14.0. The van der Waals surface area contributed by atoms with Gasteiger partial charge in [-0.25, -0.2) is 13.4 Å². The van der Waals surface area contributed by atoms with Crippen LogP contribution in [0.2, 0.25) is 0 Å². The Kier molecular flexibility index (Phi) is 9.18. The maximum atomic E-state index is 12.6. The van der Waals surface area contributed by atoms with Crippen molar-refractivity contribution in [3.63, 3.8) is 0 Å². The predicted molar refractivity (Wildman–Crippen MR) is 126 cm³/mol. The molecular weight excluding hydrogens is 539 g/mol. The van der Waals surface area contributed by atoms with Crippen LogP contribution < -0.4 is 5.32 Å². The second-order valence-corrected chi connectivity index (χ2v) is 8.66. The number of nitrogens with one attached hydrogen (secondary N) is 1. The third kappa shape index (κ3) is 6.61. The van der Waals surface area contributed by atoms with Gasteiger partial charge in [-0.15, -0.1) is 24.0 Å². The molecule has 1 aliphatic heterocycles. The lowest BCUT2D eigenvalue weighted by atomic mass is 10.2. The maximum absolute atomic E-state index is 12.6. The summed E-state index contributed by atoms with van der Waals surface area (Å²) in [7, 11) is -3.49. The predicted octanol–water partition coefficient (Wildman–Crippen LogP) is 1.81. The molecule has 0 spiro atoms. The van der Waals surface area contributed by atoms with Crippen LogP contribution in [0, 0.1) is 10.1 Å². The third-order valence-corrected chi connectivity index (χ3v) is 6.49. The first kappa shape index (κ1) is 25.0. The smallest absolute Gasteiger partial charge is 0.274 e. The minimum absolute atomic E-state index is 0. The summed E-state index contributed by atoms with van der Waals surface area (Å²) in [6.07, 6.45) is 1.35. The van der Waals surface area contributed by atoms with E-state index in [1.165, 1.54) is 22.7 Å². The van der Waals surface area contributed by atoms with E-state index in [1.54, 1.807) is 18.2 Å². The van der Waals surface area contributed by atoms with Gasteiger partial charge in [0.05, 0.1) is 22.7 Å². The maximum Gasteiger partial charge on any atom is 0.274 e. The van der Waals surface area contributed by atoms with Crippen molar-refractivity contribution in [2.75, 3.05) is 32.7 Å². The molecule has 1 saturated heterocycles. The van der Waals surface area contributed by atoms with Crippen molar-refractivity contribution in [1.82, 2.24) is 19.7 Å². The van der Waals surface area contributed by atoms with Crippen LogP contribution in [0.5, 0.6) is 0 Å². The van der Waals surface area contributed by atoms with Gasteiger partial charge < -0.3 is 14.7 Å². The third-order valence-electron chi connectivity index (χ3n) is 4.68. The Morgan fingerprint density at radius 3 is 2.58 bits per heavy atom. The number of aliphatic imine (C=N–C) groups is 1. The van der Waals surface area contributed by atoms with Crippen molar-refractivity contribution in [3.8, 4) is 0 Å². The lowest BCUT2D eigenvalue weighted by Crippen LogP contribution is -2.53. The van der Waals surface area contributed by atoms with Crippen LogP contribution in [0.25, 0.3) is 0 Å². The normalized spacial score (nSPS) is 15.4. The molecule has 0 radical (unpaired) electrons. The molecule has 2 aromatic rings. The Hall–Kier alpha value is -2.26. The Morgan fingerprint density at radius 1 is 1.26 bits per heavy atom. The number of hydrogen-bond acceptors (Lipinski definition) is 7. The highest BCUT2D eigenvalue weighted by atomic mass is 127. The quantitative estimate of drug-likeness (QED) is 0.177. The van der Waals surface area contributed by atoms with Gasteiger partial charge in [0.15, 0.2) is 5.96 Å². The van der Waals surface area contributed by atoms with Crippen molar-refractivity contribution in [2.24, 2.45) is 4.99 Å². The number of nitro groups is 1. The van der Waals surface area contributed by atoms with Gasteiger partial charge in [-0.05, 0) is 6.92 Å². The van der Waals surface area contributed by atoms with E-state index < -0.39 is 14.9 Å². The minimum atomic E-state index is -3.49. The molecule has 0 atom stereocenters. The number of rotatable bonds is 7. The van der Waals surface area contributed by atoms with Crippen LogP contribution >= 0.6 is 24.0 Å². The van der Waals surface area contributed by atoms with Crippen LogP contribution in [0.1, 0.15) is 18.2 Å². The molecule has 11 nitrogen and oxygen atoms in total. The number of guanidine groups is 1. The van der Waals surface area contributed by atoms with Crippen molar-refractivity contribution in [2.45, 2.75) is 19.2 Å². The summed E-state index contributed by atoms with van der Waals surface area (Å²) in [6.45, 7) is 4.26. The summed E-state index contributed by atoms with van der Waals surface area (Å²) < 4.78 is 31.3. The lowest BCUT2D eigenvalue weighted by Gasteiger charge is -2.35. The van der Waals surface area contributed by atoms with E-state index in [0.29, 0.717) is 49.9 Å². The molecule has 0 amide bonds. The summed E-state index contributed by atoms with van der Waals surface area (Å²) in [6, 6.07) is 8.03. The van der Waals surface area contributed by atoms with E-state index in [1.807, 2.05) is 11.8 Å². The zero-order valence-corrected chi connectivity index (χ0v) is 20.2. The molecule has 0 aliphatic carbocycles. The topological polar surface area (TPSA) is 134 Å². The molecule has 0 bridgehead atoms. The van der Waals surface area contributed by atoms with Gasteiger partial charge in [0.25, 0.3) is 5.69 Å². The number of hydrogen-bond donors (Lipinski definition) is 1. The zero-order chi connectivity index (χ0) is 21.6. The summed E-state index contributed by atoms with van der Waals surface area (Å²) in [5.74, 6) is 0.402. The van der Waals surface area contributed by atoms with Crippen molar-refractivity contribution >= 4 is 45.6 Å². The molecule has 1 N–H and O–H groups in total. The Morgan fingerprint density at radius 2 is 1.97 bits per heavy atom. The fraction of sp³-hybridized carbons (Fsp3) is 0.444. The fourth-order valence-corrected chi connectivity index (χ4v) is 4.60. The first-order valence-electron chi connectivity index (χ1n) is 9.53. The average molecular weight is 564 g/mol. The zero-order valence-electron chi connectivity index (χ0n) is 17.0. The molecule has 1 aromatic heterocycles. The van der Waals surface area contributed by atoms with E-state index in [0.717, 1.165) is 0 Å². The van der Waals surface area contributed by atoms with Gasteiger partial charge >= 0.3 is 0 Å². The van der Waals surface area contributed by atoms with E-state index in [-0.39, 0.29) is 42.0 Å². The molecule has 1 aliphatic rings. The van der Waals surface area contributed by atoms with Gasteiger partial charge in [-0.1, -0.05) is 23.4 Å². The second-order valence-electron chi connectivity index (χ2n) is 6.69. The fourth-order valence-electron chi connectivity index (χ4n) is 3.18. The van der Waals surface area contributed by atoms with Gasteiger partial charge in [0.1, 0.15) is 12.0 Å². The summed E-state index contributed by atoms with van der Waals surface area (Å²) >= 11 is 0. The number of piperazine rings is 1. The number of nitro benzene ring substituents is 1. The Bertz CT molecular complexity index is 991. The van der Waals surface area contributed by atoms with Gasteiger partial charge in [-0.2, -0.15) is 4.31 Å². The summed E-state index contributed by atoms with van der Waals surface area (Å²) in [4.78, 5) is 17.3. The monoisotopic (exact) mass is 564 g/mol. The Balaban J connectivity index is 0.00000341. The molecule has 3 rings (SSSR count). The van der Waals surface area contributed by atoms with Crippen LogP contribution in [0.15, 0.2) is 46.1 Å². The first-order valence-corrected chi connectivity index (χ1v) is 11.1. The van der Waals surface area contributed by atoms with Gasteiger partial charge in [-0.3, -0.25) is 10.1 Å². The van der Waals surface area contributed by atoms with Gasteiger partial charge in [0, 0.05) is 44.9 Å². The lowest BCUT2D eigenvalue weighted by molar-refractivity contribution is -0.385. The minimum Gasteiger partial charge on any atom is -0.364 e. The molecule has 170 valence electrons. The number of nitrogens with zero attached hydrogens (tertiary/aromatic N) is 5. The molecular formula is C18H25IN6O5S. The highest BCUT2D eigenvalue weighted by Gasteiger charge is 2.29. The number of benzene rings is 1. The number of sulfonamides is 1. The van der Waals surface area contributed by atoms with E-state index in [4.69, 9.17) is 4.52 Å². The van der Waals surface area contributed by atoms with E-state index >= 15 is 0 Å².